The predicted octanol–water partition coefficient (Wildman–Crippen LogP) is 3.65. The number of nitrogens with zero attached hydrogens (tertiary/aromatic N) is 1. The van der Waals surface area contributed by atoms with Crippen LogP contribution in [-0.2, 0) is 22.6 Å². The normalized spacial score (nSPS) is 17.7. The zero-order chi connectivity index (χ0) is 22.4. The molecule has 1 aliphatic heterocycles. The van der Waals surface area contributed by atoms with E-state index in [0.717, 1.165) is 31.8 Å². The summed E-state index contributed by atoms with van der Waals surface area (Å²) in [6.45, 7) is 7.52. The van der Waals surface area contributed by atoms with Crippen LogP contribution >= 0.6 is 23.2 Å². The zero-order valence-corrected chi connectivity index (χ0v) is 19.2. The van der Waals surface area contributed by atoms with Gasteiger partial charge in [0.2, 0.25) is 5.91 Å². The van der Waals surface area contributed by atoms with Gasteiger partial charge >= 0.3 is 0 Å². The van der Waals surface area contributed by atoms with Gasteiger partial charge in [-0.05, 0) is 37.1 Å². The highest BCUT2D eigenvalue weighted by Gasteiger charge is 2.19. The summed E-state index contributed by atoms with van der Waals surface area (Å²) in [5.41, 5.74) is 2.43. The molecule has 2 N–H and O–H groups in total. The second-order valence-electron chi connectivity index (χ2n) is 7.75. The van der Waals surface area contributed by atoms with E-state index in [0.29, 0.717) is 6.54 Å². The average molecular weight is 464 g/mol. The van der Waals surface area contributed by atoms with Gasteiger partial charge in [-0.3, -0.25) is 14.5 Å². The average Bonchev–Trinajstić information content (AvgIpc) is 2.74. The molecule has 2 aromatic rings. The van der Waals surface area contributed by atoms with Crippen molar-refractivity contribution >= 4 is 35.0 Å². The molecule has 0 bridgehead atoms. The van der Waals surface area contributed by atoms with Crippen LogP contribution in [-0.4, -0.2) is 48.6 Å². The number of morpholine rings is 1. The Balaban J connectivity index is 1.51. The lowest BCUT2D eigenvalue weighted by atomic mass is 10.1. The van der Waals surface area contributed by atoms with E-state index in [1.807, 2.05) is 12.1 Å². The number of halogens is 2. The fraction of sp³-hybridized carbons (Fsp3) is 0.391. The summed E-state index contributed by atoms with van der Waals surface area (Å²) in [6.07, 6.45) is 0.245. The quantitative estimate of drug-likeness (QED) is 0.657. The molecular formula is C23H27Cl2N3O3. The van der Waals surface area contributed by atoms with Crippen LogP contribution in [0.25, 0.3) is 0 Å². The number of rotatable bonds is 7. The maximum atomic E-state index is 12.5. The molecule has 3 rings (SSSR count). The van der Waals surface area contributed by atoms with Crippen molar-refractivity contribution in [2.75, 3.05) is 19.7 Å². The van der Waals surface area contributed by atoms with E-state index in [1.165, 1.54) is 5.56 Å². The van der Waals surface area contributed by atoms with Crippen LogP contribution < -0.4 is 10.6 Å². The van der Waals surface area contributed by atoms with Gasteiger partial charge in [-0.1, -0.05) is 53.5 Å². The van der Waals surface area contributed by atoms with E-state index in [4.69, 9.17) is 27.9 Å². The molecule has 1 saturated heterocycles. The molecule has 0 aliphatic carbocycles. The van der Waals surface area contributed by atoms with Crippen LogP contribution in [0, 0.1) is 0 Å². The van der Waals surface area contributed by atoms with E-state index in [2.05, 4.69) is 34.6 Å². The van der Waals surface area contributed by atoms with Crippen molar-refractivity contribution in [1.82, 2.24) is 15.5 Å². The first-order valence-corrected chi connectivity index (χ1v) is 11.0. The number of nitrogens with one attached hydrogen (secondary N) is 2. The number of amides is 2. The van der Waals surface area contributed by atoms with Crippen LogP contribution in [0.15, 0.2) is 42.5 Å². The lowest BCUT2D eigenvalue weighted by molar-refractivity contribution is -0.122. The molecule has 2 amide bonds. The van der Waals surface area contributed by atoms with Crippen LogP contribution in [0.3, 0.4) is 0 Å². The fourth-order valence-electron chi connectivity index (χ4n) is 3.49. The lowest BCUT2D eigenvalue weighted by Crippen LogP contribution is -2.44. The number of hydrogen-bond donors (Lipinski definition) is 2. The third kappa shape index (κ3) is 6.68. The molecule has 0 saturated carbocycles. The van der Waals surface area contributed by atoms with E-state index in [9.17, 15) is 9.59 Å². The predicted molar refractivity (Wildman–Crippen MR) is 122 cm³/mol. The Morgan fingerprint density at radius 2 is 1.94 bits per heavy atom. The minimum absolute atomic E-state index is 0.167. The van der Waals surface area contributed by atoms with Crippen LogP contribution in [0.5, 0.6) is 0 Å². The first-order chi connectivity index (χ1) is 14.8. The Hall–Kier alpha value is -2.12. The molecule has 2 unspecified atom stereocenters. The number of benzene rings is 2. The highest BCUT2D eigenvalue weighted by molar-refractivity contribution is 6.43. The first-order valence-electron chi connectivity index (χ1n) is 10.3. The van der Waals surface area contributed by atoms with Crippen molar-refractivity contribution in [3.05, 3.63) is 69.2 Å². The van der Waals surface area contributed by atoms with E-state index in [1.54, 1.807) is 25.1 Å². The molecule has 2 aromatic carbocycles. The summed E-state index contributed by atoms with van der Waals surface area (Å²) >= 11 is 12.0. The molecule has 1 heterocycles. The highest BCUT2D eigenvalue weighted by Crippen LogP contribution is 2.25. The van der Waals surface area contributed by atoms with Gasteiger partial charge in [0.25, 0.3) is 5.91 Å². The van der Waals surface area contributed by atoms with Gasteiger partial charge in [0.1, 0.15) is 6.04 Å². The Morgan fingerprint density at radius 1 is 1.19 bits per heavy atom. The Labute approximate surface area is 192 Å². The summed E-state index contributed by atoms with van der Waals surface area (Å²) in [7, 11) is 0. The van der Waals surface area contributed by atoms with E-state index >= 15 is 0 Å². The topological polar surface area (TPSA) is 70.7 Å². The molecule has 6 nitrogen and oxygen atoms in total. The molecule has 2 atom stereocenters. The molecule has 0 spiro atoms. The van der Waals surface area contributed by atoms with Crippen molar-refractivity contribution in [3.8, 4) is 0 Å². The summed E-state index contributed by atoms with van der Waals surface area (Å²) in [6, 6.07) is 12.2. The van der Waals surface area contributed by atoms with E-state index in [-0.39, 0.29) is 27.6 Å². The molecule has 1 aliphatic rings. The first kappa shape index (κ1) is 23.5. The standard InChI is InChI=1S/C23H27Cl2N3O3/c1-15-13-28(9-10-31-15)14-18-6-3-5-17(11-18)12-26-22(29)16(2)27-23(30)19-7-4-8-20(24)21(19)25/h3-8,11,15-16H,9-10,12-14H2,1-2H3,(H,26,29)(H,27,30). The zero-order valence-electron chi connectivity index (χ0n) is 17.7. The van der Waals surface area contributed by atoms with Crippen LogP contribution in [0.1, 0.15) is 35.3 Å². The smallest absolute Gasteiger partial charge is 0.253 e. The Kier molecular flexibility index (Phi) is 8.32. The molecule has 0 aromatic heterocycles. The van der Waals surface area contributed by atoms with Gasteiger partial charge in [-0.2, -0.15) is 0 Å². The Morgan fingerprint density at radius 3 is 2.71 bits per heavy atom. The minimum Gasteiger partial charge on any atom is -0.376 e. The summed E-state index contributed by atoms with van der Waals surface area (Å²) in [5, 5.41) is 5.99. The monoisotopic (exact) mass is 463 g/mol. The van der Waals surface area contributed by atoms with Gasteiger partial charge in [0.05, 0.1) is 28.3 Å². The molecule has 0 radical (unpaired) electrons. The van der Waals surface area contributed by atoms with Crippen molar-refractivity contribution in [2.45, 2.75) is 39.1 Å². The largest absolute Gasteiger partial charge is 0.376 e. The maximum absolute atomic E-state index is 12.5. The number of carbonyl (C=O) groups excluding carboxylic acids is 2. The molecule has 8 heteroatoms. The van der Waals surface area contributed by atoms with Gasteiger partial charge in [-0.15, -0.1) is 0 Å². The van der Waals surface area contributed by atoms with Crippen molar-refractivity contribution in [3.63, 3.8) is 0 Å². The molecule has 31 heavy (non-hydrogen) atoms. The van der Waals surface area contributed by atoms with Crippen LogP contribution in [0.4, 0.5) is 0 Å². The third-order valence-corrected chi connectivity index (χ3v) is 5.95. The summed E-state index contributed by atoms with van der Waals surface area (Å²) < 4.78 is 5.59. The SMILES string of the molecule is CC1CN(Cc2cccc(CNC(=O)C(C)NC(=O)c3cccc(Cl)c3Cl)c2)CCO1. The molecular weight excluding hydrogens is 437 g/mol. The number of ether oxygens (including phenoxy) is 1. The van der Waals surface area contributed by atoms with Crippen molar-refractivity contribution in [1.29, 1.82) is 0 Å². The number of hydrogen-bond acceptors (Lipinski definition) is 4. The molecule has 1 fully saturated rings. The number of carbonyl (C=O) groups is 2. The summed E-state index contributed by atoms with van der Waals surface area (Å²) in [4.78, 5) is 27.2. The third-order valence-electron chi connectivity index (χ3n) is 5.13. The van der Waals surface area contributed by atoms with Gasteiger partial charge < -0.3 is 15.4 Å². The second-order valence-corrected chi connectivity index (χ2v) is 8.54. The lowest BCUT2D eigenvalue weighted by Gasteiger charge is -2.31. The summed E-state index contributed by atoms with van der Waals surface area (Å²) in [5.74, 6) is -0.726. The fourth-order valence-corrected chi connectivity index (χ4v) is 3.88. The second kappa shape index (κ2) is 11.0. The van der Waals surface area contributed by atoms with Crippen molar-refractivity contribution in [2.24, 2.45) is 0 Å². The van der Waals surface area contributed by atoms with Crippen molar-refractivity contribution < 1.29 is 14.3 Å². The van der Waals surface area contributed by atoms with E-state index < -0.39 is 11.9 Å². The molecule has 166 valence electrons. The minimum atomic E-state index is -0.722. The van der Waals surface area contributed by atoms with Gasteiger partial charge in [-0.25, -0.2) is 0 Å². The Bertz CT molecular complexity index is 938. The maximum Gasteiger partial charge on any atom is 0.253 e. The van der Waals surface area contributed by atoms with Gasteiger partial charge in [0, 0.05) is 26.2 Å². The van der Waals surface area contributed by atoms with Gasteiger partial charge in [0.15, 0.2) is 0 Å². The highest BCUT2D eigenvalue weighted by atomic mass is 35.5. The van der Waals surface area contributed by atoms with Crippen LogP contribution in [0.2, 0.25) is 10.0 Å².